The molecule has 3 heteroatoms. The van der Waals surface area contributed by atoms with Gasteiger partial charge in [-0.25, -0.2) is 0 Å². The van der Waals surface area contributed by atoms with E-state index >= 15 is 0 Å². The van der Waals surface area contributed by atoms with Crippen LogP contribution >= 0.6 is 11.6 Å². The summed E-state index contributed by atoms with van der Waals surface area (Å²) in [5.74, 6) is 5.52. The fourth-order valence-electron chi connectivity index (χ4n) is 0.975. The van der Waals surface area contributed by atoms with Gasteiger partial charge in [-0.3, -0.25) is 0 Å². The molecule has 0 saturated carbocycles. The molecule has 0 aliphatic heterocycles. The Morgan fingerprint density at radius 2 is 2.21 bits per heavy atom. The van der Waals surface area contributed by atoms with Crippen molar-refractivity contribution in [2.24, 2.45) is 0 Å². The zero-order chi connectivity index (χ0) is 10.6. The molecule has 0 heterocycles. The number of nitrogens with two attached hydrogens (primary N) is 1. The minimum atomic E-state index is 0.208. The van der Waals surface area contributed by atoms with Gasteiger partial charge in [0.1, 0.15) is 0 Å². The van der Waals surface area contributed by atoms with Crippen molar-refractivity contribution in [3.63, 3.8) is 0 Å². The predicted molar refractivity (Wildman–Crippen MR) is 57.7 cm³/mol. The minimum Gasteiger partial charge on any atom is -0.398 e. The molecule has 0 bridgehead atoms. The van der Waals surface area contributed by atoms with Gasteiger partial charge in [0.05, 0.1) is 17.5 Å². The molecule has 2 N–H and O–H groups in total. The summed E-state index contributed by atoms with van der Waals surface area (Å²) < 4.78 is 0. The zero-order valence-electron chi connectivity index (χ0n) is 7.76. The van der Waals surface area contributed by atoms with Gasteiger partial charge in [0.15, 0.2) is 0 Å². The molecule has 0 saturated heterocycles. The Hall–Kier alpha value is -1.64. The summed E-state index contributed by atoms with van der Waals surface area (Å²) in [6.45, 7) is 1.84. The summed E-state index contributed by atoms with van der Waals surface area (Å²) in [5, 5.41) is 8.87. The molecular weight excluding hydrogens is 196 g/mol. The lowest BCUT2D eigenvalue weighted by atomic mass is 10.1. The van der Waals surface area contributed by atoms with E-state index in [9.17, 15) is 0 Å². The van der Waals surface area contributed by atoms with E-state index in [4.69, 9.17) is 22.6 Å². The van der Waals surface area contributed by atoms with Crippen LogP contribution in [0.1, 0.15) is 17.5 Å². The molecule has 0 aromatic heterocycles. The maximum Gasteiger partial charge on any atom is 0.0966 e. The van der Waals surface area contributed by atoms with Gasteiger partial charge >= 0.3 is 0 Å². The topological polar surface area (TPSA) is 49.8 Å². The number of nitrogens with zero attached hydrogens (tertiary/aromatic N) is 1. The third kappa shape index (κ3) is 2.19. The van der Waals surface area contributed by atoms with Crippen LogP contribution in [-0.4, -0.2) is 0 Å². The van der Waals surface area contributed by atoms with Crippen LogP contribution in [0.4, 0.5) is 5.69 Å². The van der Waals surface area contributed by atoms with E-state index in [1.54, 1.807) is 12.1 Å². The van der Waals surface area contributed by atoms with Crippen molar-refractivity contribution in [2.45, 2.75) is 13.3 Å². The summed E-state index contributed by atoms with van der Waals surface area (Å²) in [6.07, 6.45) is 0.208. The number of hydrogen-bond acceptors (Lipinski definition) is 2. The first-order valence-electron chi connectivity index (χ1n) is 4.07. The number of benzene rings is 1. The first kappa shape index (κ1) is 10.4. The van der Waals surface area contributed by atoms with Gasteiger partial charge in [-0.2, -0.15) is 5.26 Å². The summed E-state index contributed by atoms with van der Waals surface area (Å²) in [4.78, 5) is 0. The fraction of sp³-hybridized carbons (Fsp3) is 0.182. The van der Waals surface area contributed by atoms with Gasteiger partial charge in [0.25, 0.3) is 0 Å². The normalized spacial score (nSPS) is 8.64. The summed E-state index contributed by atoms with van der Waals surface area (Å²) in [5.41, 5.74) is 7.86. The smallest absolute Gasteiger partial charge is 0.0966 e. The van der Waals surface area contributed by atoms with Crippen LogP contribution < -0.4 is 5.73 Å². The van der Waals surface area contributed by atoms with E-state index in [0.717, 1.165) is 5.56 Å². The Morgan fingerprint density at radius 1 is 1.50 bits per heavy atom. The average molecular weight is 205 g/mol. The summed E-state index contributed by atoms with van der Waals surface area (Å²) in [6, 6.07) is 5.46. The van der Waals surface area contributed by atoms with E-state index in [2.05, 4.69) is 11.8 Å². The zero-order valence-corrected chi connectivity index (χ0v) is 8.52. The van der Waals surface area contributed by atoms with E-state index in [0.29, 0.717) is 16.3 Å². The molecule has 14 heavy (non-hydrogen) atoms. The second-order valence-electron chi connectivity index (χ2n) is 2.78. The maximum absolute atomic E-state index is 8.31. The van der Waals surface area contributed by atoms with Gasteiger partial charge in [-0.15, -0.1) is 0 Å². The van der Waals surface area contributed by atoms with Crippen molar-refractivity contribution in [1.29, 1.82) is 5.26 Å². The molecule has 0 aliphatic rings. The molecule has 1 aromatic carbocycles. The third-order valence-corrected chi connectivity index (χ3v) is 2.31. The summed E-state index contributed by atoms with van der Waals surface area (Å²) in [7, 11) is 0. The average Bonchev–Trinajstić information content (AvgIpc) is 2.18. The quantitative estimate of drug-likeness (QED) is 0.522. The molecule has 0 unspecified atom stereocenters. The van der Waals surface area contributed by atoms with Crippen molar-refractivity contribution < 1.29 is 0 Å². The SMILES string of the molecule is Cc1c(N)ccc(C#CCC#N)c1Cl. The van der Waals surface area contributed by atoms with Crippen molar-refractivity contribution >= 4 is 17.3 Å². The minimum absolute atomic E-state index is 0.208. The van der Waals surface area contributed by atoms with Crippen molar-refractivity contribution in [1.82, 2.24) is 0 Å². The largest absolute Gasteiger partial charge is 0.398 e. The molecule has 1 aromatic rings. The number of hydrogen-bond donors (Lipinski definition) is 1. The number of anilines is 1. The molecular formula is C11H9ClN2. The van der Waals surface area contributed by atoms with Crippen LogP contribution in [0.3, 0.4) is 0 Å². The molecule has 0 aliphatic carbocycles. The first-order chi connectivity index (χ1) is 6.66. The Morgan fingerprint density at radius 3 is 2.86 bits per heavy atom. The van der Waals surface area contributed by atoms with Crippen LogP contribution in [-0.2, 0) is 0 Å². The van der Waals surface area contributed by atoms with Gasteiger partial charge in [0.2, 0.25) is 0 Å². The highest BCUT2D eigenvalue weighted by atomic mass is 35.5. The van der Waals surface area contributed by atoms with Crippen LogP contribution in [0.25, 0.3) is 0 Å². The Labute approximate surface area is 88.3 Å². The van der Waals surface area contributed by atoms with Crippen molar-refractivity contribution in [3.05, 3.63) is 28.3 Å². The molecule has 0 spiro atoms. The number of rotatable bonds is 0. The van der Waals surface area contributed by atoms with Crippen molar-refractivity contribution in [3.8, 4) is 17.9 Å². The van der Waals surface area contributed by atoms with E-state index < -0.39 is 0 Å². The van der Waals surface area contributed by atoms with Gasteiger partial charge < -0.3 is 5.73 Å². The van der Waals surface area contributed by atoms with Crippen LogP contribution in [0.5, 0.6) is 0 Å². The van der Waals surface area contributed by atoms with Crippen LogP contribution in [0.2, 0.25) is 5.02 Å². The second-order valence-corrected chi connectivity index (χ2v) is 3.16. The molecule has 0 fully saturated rings. The Balaban J connectivity index is 3.09. The van der Waals surface area contributed by atoms with Crippen LogP contribution in [0, 0.1) is 30.1 Å². The fourth-order valence-corrected chi connectivity index (χ4v) is 1.19. The first-order valence-corrected chi connectivity index (χ1v) is 4.45. The van der Waals surface area contributed by atoms with Gasteiger partial charge in [0, 0.05) is 11.3 Å². The number of nitrogen functional groups attached to an aromatic ring is 1. The Bertz CT molecular complexity index is 447. The second kappa shape index (κ2) is 4.56. The maximum atomic E-state index is 8.31. The van der Waals surface area contributed by atoms with E-state index in [1.165, 1.54) is 0 Å². The third-order valence-electron chi connectivity index (χ3n) is 1.82. The molecule has 2 nitrogen and oxygen atoms in total. The monoisotopic (exact) mass is 204 g/mol. The van der Waals surface area contributed by atoms with Crippen molar-refractivity contribution in [2.75, 3.05) is 5.73 Å². The lowest BCUT2D eigenvalue weighted by Crippen LogP contribution is -1.91. The highest BCUT2D eigenvalue weighted by Crippen LogP contribution is 2.24. The number of nitriles is 1. The standard InChI is InChI=1S/C11H9ClN2/c1-8-10(14)6-5-9(11(8)12)4-2-3-7-13/h5-6H,3,14H2,1H3. The molecule has 0 amide bonds. The van der Waals surface area contributed by atoms with Gasteiger partial charge in [-0.05, 0) is 24.6 Å². The molecule has 1 rings (SSSR count). The molecule has 0 atom stereocenters. The van der Waals surface area contributed by atoms with Crippen LogP contribution in [0.15, 0.2) is 12.1 Å². The highest BCUT2D eigenvalue weighted by Gasteiger charge is 2.03. The molecule has 0 radical (unpaired) electrons. The summed E-state index contributed by atoms with van der Waals surface area (Å²) >= 11 is 6.01. The lowest BCUT2D eigenvalue weighted by Gasteiger charge is -2.03. The number of halogens is 1. The van der Waals surface area contributed by atoms with E-state index in [1.807, 2.05) is 13.0 Å². The molecule has 70 valence electrons. The van der Waals surface area contributed by atoms with E-state index in [-0.39, 0.29) is 6.42 Å². The Kier molecular flexibility index (Phi) is 3.40. The highest BCUT2D eigenvalue weighted by molar-refractivity contribution is 6.32. The van der Waals surface area contributed by atoms with Gasteiger partial charge in [-0.1, -0.05) is 23.4 Å². The predicted octanol–water partition coefficient (Wildman–Crippen LogP) is 2.50. The lowest BCUT2D eigenvalue weighted by molar-refractivity contribution is 1.39.